The molecule has 0 spiro atoms. The molecule has 0 heterocycles. The molecule has 1 amide bonds. The molecule has 10 heteroatoms. The number of carbonyl (C=O) groups excluding carboxylic acids is 1. The molecular weight excluding hydrogens is 516 g/mol. The molecule has 0 fully saturated rings. The van der Waals surface area contributed by atoms with Gasteiger partial charge < -0.3 is 10.4 Å². The van der Waals surface area contributed by atoms with E-state index in [1.807, 2.05) is 22.6 Å². The zero-order chi connectivity index (χ0) is 20.1. The number of hydrogen-bond donors (Lipinski definition) is 3. The first kappa shape index (κ1) is 22.1. The highest BCUT2D eigenvalue weighted by Crippen LogP contribution is 2.34. The van der Waals surface area contributed by atoms with E-state index in [0.29, 0.717) is 6.42 Å². The minimum absolute atomic E-state index is 0.255. The number of benzene rings is 2. The Labute approximate surface area is 178 Å². The van der Waals surface area contributed by atoms with Gasteiger partial charge in [-0.15, -0.1) is 0 Å². The lowest BCUT2D eigenvalue weighted by molar-refractivity contribution is -0.0408. The number of aliphatic hydroxyl groups excluding tert-OH is 1. The molecule has 2 aromatic carbocycles. The Balaban J connectivity index is 2.40. The average Bonchev–Trinajstić information content (AvgIpc) is 2.64. The highest BCUT2D eigenvalue weighted by atomic mass is 127. The number of nitrogens with one attached hydrogen (secondary N) is 2. The van der Waals surface area contributed by atoms with Gasteiger partial charge in [-0.05, 0) is 53.3 Å². The fourth-order valence-corrected chi connectivity index (χ4v) is 3.16. The highest BCUT2D eigenvalue weighted by Gasteiger charge is 2.23. The predicted octanol–water partition coefficient (Wildman–Crippen LogP) is 5.05. The van der Waals surface area contributed by atoms with Crippen LogP contribution < -0.4 is 10.8 Å². The first-order valence-electron chi connectivity index (χ1n) is 7.74. The zero-order valence-electron chi connectivity index (χ0n) is 14.0. The molecule has 0 aromatic heterocycles. The van der Waals surface area contributed by atoms with Crippen molar-refractivity contribution < 1.29 is 23.5 Å². The van der Waals surface area contributed by atoms with Crippen molar-refractivity contribution in [2.45, 2.75) is 19.4 Å². The van der Waals surface area contributed by atoms with Crippen LogP contribution in [0.15, 0.2) is 24.3 Å². The summed E-state index contributed by atoms with van der Waals surface area (Å²) in [6.45, 7) is 1.42. The van der Waals surface area contributed by atoms with Crippen LogP contribution in [0, 0.1) is 15.2 Å². The molecule has 0 radical (unpaired) electrons. The van der Waals surface area contributed by atoms with Crippen molar-refractivity contribution in [3.63, 3.8) is 0 Å². The van der Waals surface area contributed by atoms with Crippen LogP contribution in [0.5, 0.6) is 0 Å². The second-order valence-corrected chi connectivity index (χ2v) is 7.48. The highest BCUT2D eigenvalue weighted by molar-refractivity contribution is 14.1. The maximum Gasteiger partial charge on any atom is 0.277 e. The first-order valence-corrected chi connectivity index (χ1v) is 9.58. The van der Waals surface area contributed by atoms with Gasteiger partial charge >= 0.3 is 0 Å². The summed E-state index contributed by atoms with van der Waals surface area (Å²) in [6, 6.07) is 5.86. The number of anilines is 2. The van der Waals surface area contributed by atoms with Crippen molar-refractivity contribution in [2.24, 2.45) is 0 Å². The van der Waals surface area contributed by atoms with Crippen molar-refractivity contribution in [1.29, 1.82) is 0 Å². The standard InChI is InChI=1S/C17H15Cl2F2IN2O3/c1-2-9(7-25)27-24-17(26)10-6-12(19)14(20)15(21)16(10)23-13-4-3-8(22)5-11(13)18/h3-6,9,23,25H,2,7H2,1H3,(H,24,26). The topological polar surface area (TPSA) is 70.6 Å². The van der Waals surface area contributed by atoms with E-state index in [4.69, 9.17) is 33.1 Å². The molecule has 0 aliphatic carbocycles. The van der Waals surface area contributed by atoms with Gasteiger partial charge in [0.15, 0.2) is 11.6 Å². The summed E-state index contributed by atoms with van der Waals surface area (Å²) in [5.41, 5.74) is 1.64. The Morgan fingerprint density at radius 2 is 1.96 bits per heavy atom. The van der Waals surface area contributed by atoms with Crippen LogP contribution in [0.2, 0.25) is 10.0 Å². The van der Waals surface area contributed by atoms with Crippen molar-refractivity contribution in [3.05, 3.63) is 55.1 Å². The summed E-state index contributed by atoms with van der Waals surface area (Å²) in [7, 11) is 0. The second-order valence-electron chi connectivity index (χ2n) is 5.42. The van der Waals surface area contributed by atoms with Crippen LogP contribution in [0.4, 0.5) is 20.2 Å². The van der Waals surface area contributed by atoms with Crippen LogP contribution in [-0.2, 0) is 4.84 Å². The number of rotatable bonds is 7. The number of halogens is 5. The molecule has 1 unspecified atom stereocenters. The first-order chi connectivity index (χ1) is 12.8. The third-order valence-corrected chi connectivity index (χ3v) is 4.83. The van der Waals surface area contributed by atoms with Crippen LogP contribution in [-0.4, -0.2) is 23.7 Å². The van der Waals surface area contributed by atoms with E-state index in [2.05, 4.69) is 10.8 Å². The smallest absolute Gasteiger partial charge is 0.277 e. The van der Waals surface area contributed by atoms with Crippen molar-refractivity contribution in [1.82, 2.24) is 5.48 Å². The van der Waals surface area contributed by atoms with E-state index in [0.717, 1.165) is 9.64 Å². The van der Waals surface area contributed by atoms with E-state index in [1.165, 1.54) is 0 Å². The van der Waals surface area contributed by atoms with E-state index < -0.39 is 34.4 Å². The number of carbonyl (C=O) groups is 1. The molecule has 2 rings (SSSR count). The minimum Gasteiger partial charge on any atom is -0.394 e. The molecule has 1 atom stereocenters. The molecule has 0 saturated heterocycles. The van der Waals surface area contributed by atoms with Crippen molar-refractivity contribution in [3.8, 4) is 0 Å². The number of hydrogen-bond acceptors (Lipinski definition) is 4. The third-order valence-electron chi connectivity index (χ3n) is 3.57. The maximum atomic E-state index is 14.5. The van der Waals surface area contributed by atoms with Gasteiger partial charge in [0, 0.05) is 3.57 Å². The lowest BCUT2D eigenvalue weighted by atomic mass is 10.1. The van der Waals surface area contributed by atoms with Crippen LogP contribution in [0.25, 0.3) is 0 Å². The predicted molar refractivity (Wildman–Crippen MR) is 109 cm³/mol. The summed E-state index contributed by atoms with van der Waals surface area (Å²) < 4.78 is 29.3. The van der Waals surface area contributed by atoms with E-state index in [9.17, 15) is 13.6 Å². The van der Waals surface area contributed by atoms with Crippen molar-refractivity contribution in [2.75, 3.05) is 11.9 Å². The van der Waals surface area contributed by atoms with Gasteiger partial charge in [-0.1, -0.05) is 30.1 Å². The van der Waals surface area contributed by atoms with Gasteiger partial charge in [0.25, 0.3) is 5.91 Å². The molecule has 0 bridgehead atoms. The SMILES string of the molecule is CCC(CO)ONC(=O)c1cc(Cl)c(F)c(F)c1Nc1ccc(I)cc1Cl. The zero-order valence-corrected chi connectivity index (χ0v) is 17.6. The molecule has 5 nitrogen and oxygen atoms in total. The lowest BCUT2D eigenvalue weighted by Crippen LogP contribution is -2.31. The summed E-state index contributed by atoms with van der Waals surface area (Å²) in [4.78, 5) is 17.5. The van der Waals surface area contributed by atoms with Gasteiger partial charge in [0.1, 0.15) is 6.10 Å². The Morgan fingerprint density at radius 1 is 1.26 bits per heavy atom. The number of aliphatic hydroxyl groups is 1. The summed E-state index contributed by atoms with van der Waals surface area (Å²) in [6.07, 6.45) is -0.213. The molecule has 146 valence electrons. The fourth-order valence-electron chi connectivity index (χ4n) is 2.06. The molecule has 3 N–H and O–H groups in total. The number of hydroxylamine groups is 1. The van der Waals surface area contributed by atoms with E-state index in [-0.39, 0.29) is 22.9 Å². The van der Waals surface area contributed by atoms with Gasteiger partial charge in [0.2, 0.25) is 0 Å². The Morgan fingerprint density at radius 3 is 2.56 bits per heavy atom. The Bertz CT molecular complexity index is 851. The quantitative estimate of drug-likeness (QED) is 0.266. The molecule has 0 saturated carbocycles. The second kappa shape index (κ2) is 9.83. The number of amides is 1. The molecule has 0 aliphatic heterocycles. The molecule has 0 aliphatic rings. The van der Waals surface area contributed by atoms with Gasteiger partial charge in [0.05, 0.1) is 33.6 Å². The van der Waals surface area contributed by atoms with E-state index in [1.54, 1.807) is 25.1 Å². The summed E-state index contributed by atoms with van der Waals surface area (Å²) in [5, 5.41) is 11.4. The Kier molecular flexibility index (Phi) is 8.04. The largest absolute Gasteiger partial charge is 0.394 e. The monoisotopic (exact) mass is 530 g/mol. The van der Waals surface area contributed by atoms with Crippen LogP contribution >= 0.6 is 45.8 Å². The summed E-state index contributed by atoms with van der Waals surface area (Å²) in [5.74, 6) is -3.51. The third kappa shape index (κ3) is 5.41. The van der Waals surface area contributed by atoms with Crippen LogP contribution in [0.3, 0.4) is 0 Å². The maximum absolute atomic E-state index is 14.5. The summed E-state index contributed by atoms with van der Waals surface area (Å²) >= 11 is 13.8. The molecular formula is C17H15Cl2F2IN2O3. The fraction of sp³-hybridized carbons (Fsp3) is 0.235. The van der Waals surface area contributed by atoms with Gasteiger partial charge in [-0.3, -0.25) is 9.63 Å². The molecule has 27 heavy (non-hydrogen) atoms. The lowest BCUT2D eigenvalue weighted by Gasteiger charge is -2.17. The minimum atomic E-state index is -1.34. The van der Waals surface area contributed by atoms with Gasteiger partial charge in [-0.2, -0.15) is 0 Å². The molecule has 2 aromatic rings. The van der Waals surface area contributed by atoms with Gasteiger partial charge in [-0.25, -0.2) is 14.3 Å². The normalized spacial score (nSPS) is 12.0. The van der Waals surface area contributed by atoms with Crippen LogP contribution in [0.1, 0.15) is 23.7 Å². The van der Waals surface area contributed by atoms with E-state index >= 15 is 0 Å². The van der Waals surface area contributed by atoms with Crippen molar-refractivity contribution >= 4 is 63.1 Å². The average molecular weight is 531 g/mol. The Hall–Kier alpha value is -1.20.